The number of para-hydroxylation sites is 1. The molecular formula is C22H27N3O3. The third-order valence-electron chi connectivity index (χ3n) is 5.03. The lowest BCUT2D eigenvalue weighted by Crippen LogP contribution is -2.34. The maximum absolute atomic E-state index is 12.5. The summed E-state index contributed by atoms with van der Waals surface area (Å²) in [6, 6.07) is 17.5. The first-order valence-electron chi connectivity index (χ1n) is 9.57. The van der Waals surface area contributed by atoms with Crippen LogP contribution in [0.2, 0.25) is 0 Å². The van der Waals surface area contributed by atoms with Gasteiger partial charge in [-0.25, -0.2) is 0 Å². The van der Waals surface area contributed by atoms with E-state index in [1.807, 2.05) is 49.5 Å². The van der Waals surface area contributed by atoms with Gasteiger partial charge in [0.1, 0.15) is 5.75 Å². The molecule has 2 amide bonds. The number of rotatable bonds is 8. The molecule has 1 aliphatic rings. The Morgan fingerprint density at radius 2 is 2.00 bits per heavy atom. The molecule has 1 saturated heterocycles. The van der Waals surface area contributed by atoms with E-state index < -0.39 is 0 Å². The second kappa shape index (κ2) is 9.26. The van der Waals surface area contributed by atoms with Crippen molar-refractivity contribution >= 4 is 23.2 Å². The highest BCUT2D eigenvalue weighted by Gasteiger charge is 2.35. The Morgan fingerprint density at radius 1 is 1.21 bits per heavy atom. The predicted molar refractivity (Wildman–Crippen MR) is 111 cm³/mol. The van der Waals surface area contributed by atoms with E-state index in [-0.39, 0.29) is 24.2 Å². The lowest BCUT2D eigenvalue weighted by atomic mass is 10.1. The molecule has 28 heavy (non-hydrogen) atoms. The molecule has 0 aliphatic carbocycles. The number of nitrogens with zero attached hydrogens (tertiary/aromatic N) is 2. The van der Waals surface area contributed by atoms with E-state index in [1.54, 1.807) is 12.0 Å². The minimum absolute atomic E-state index is 0.0304. The Hall–Kier alpha value is -3.02. The fourth-order valence-corrected chi connectivity index (χ4v) is 3.39. The maximum Gasteiger partial charge on any atom is 0.227 e. The van der Waals surface area contributed by atoms with E-state index in [0.717, 1.165) is 24.3 Å². The molecule has 1 N–H and O–H groups in total. The molecule has 6 nitrogen and oxygen atoms in total. The largest absolute Gasteiger partial charge is 0.497 e. The number of anilines is 2. The summed E-state index contributed by atoms with van der Waals surface area (Å²) in [4.78, 5) is 28.7. The number of benzene rings is 2. The molecule has 2 aromatic rings. The van der Waals surface area contributed by atoms with Gasteiger partial charge in [0.25, 0.3) is 0 Å². The van der Waals surface area contributed by atoms with Crippen LogP contribution >= 0.6 is 0 Å². The predicted octanol–water partition coefficient (Wildman–Crippen LogP) is 2.69. The molecule has 2 aromatic carbocycles. The van der Waals surface area contributed by atoms with Crippen LogP contribution in [0.1, 0.15) is 12.8 Å². The van der Waals surface area contributed by atoms with Gasteiger partial charge in [-0.15, -0.1) is 0 Å². The zero-order valence-corrected chi connectivity index (χ0v) is 16.4. The average molecular weight is 381 g/mol. The molecule has 6 heteroatoms. The van der Waals surface area contributed by atoms with Gasteiger partial charge >= 0.3 is 0 Å². The molecule has 0 saturated carbocycles. The summed E-state index contributed by atoms with van der Waals surface area (Å²) in [6.45, 7) is 1.85. The molecule has 0 bridgehead atoms. The number of amides is 2. The normalized spacial score (nSPS) is 16.1. The van der Waals surface area contributed by atoms with Crippen molar-refractivity contribution in [1.82, 2.24) is 5.32 Å². The zero-order chi connectivity index (χ0) is 19.9. The molecule has 1 aliphatic heterocycles. The number of carbonyl (C=O) groups excluding carboxylic acids is 2. The van der Waals surface area contributed by atoms with Gasteiger partial charge in [0, 0.05) is 50.5 Å². The van der Waals surface area contributed by atoms with Crippen molar-refractivity contribution in [2.45, 2.75) is 12.8 Å². The van der Waals surface area contributed by atoms with Crippen molar-refractivity contribution in [1.29, 1.82) is 0 Å². The topological polar surface area (TPSA) is 61.9 Å². The lowest BCUT2D eigenvalue weighted by molar-refractivity contribution is -0.126. The summed E-state index contributed by atoms with van der Waals surface area (Å²) >= 11 is 0. The smallest absolute Gasteiger partial charge is 0.227 e. The van der Waals surface area contributed by atoms with Crippen molar-refractivity contribution in [3.8, 4) is 5.75 Å². The SMILES string of the molecule is COc1cccc(N2CC(C(=O)NCCCN(C)c3ccccc3)CC2=O)c1. The standard InChI is InChI=1S/C22H27N3O3/c1-24(18-8-4-3-5-9-18)13-7-12-23-22(27)17-14-21(26)25(16-17)19-10-6-11-20(15-19)28-2/h3-6,8-11,15,17H,7,12-14,16H2,1-2H3,(H,23,27). The number of ether oxygens (including phenoxy) is 1. The third-order valence-corrected chi connectivity index (χ3v) is 5.03. The average Bonchev–Trinajstić information content (AvgIpc) is 3.13. The second-order valence-corrected chi connectivity index (χ2v) is 7.01. The van der Waals surface area contributed by atoms with E-state index in [2.05, 4.69) is 22.3 Å². The van der Waals surface area contributed by atoms with E-state index in [1.165, 1.54) is 0 Å². The Morgan fingerprint density at radius 3 is 2.75 bits per heavy atom. The van der Waals surface area contributed by atoms with Crippen LogP contribution in [0, 0.1) is 5.92 Å². The Labute approximate surface area is 166 Å². The molecule has 148 valence electrons. The summed E-state index contributed by atoms with van der Waals surface area (Å²) < 4.78 is 5.22. The lowest BCUT2D eigenvalue weighted by Gasteiger charge is -2.19. The highest BCUT2D eigenvalue weighted by molar-refractivity contribution is 6.00. The highest BCUT2D eigenvalue weighted by Crippen LogP contribution is 2.27. The van der Waals surface area contributed by atoms with Gasteiger partial charge in [-0.1, -0.05) is 24.3 Å². The summed E-state index contributed by atoms with van der Waals surface area (Å²) in [5, 5.41) is 2.98. The van der Waals surface area contributed by atoms with E-state index >= 15 is 0 Å². The van der Waals surface area contributed by atoms with Crippen LogP contribution in [0.3, 0.4) is 0 Å². The van der Waals surface area contributed by atoms with Gasteiger partial charge in [-0.05, 0) is 30.7 Å². The van der Waals surface area contributed by atoms with Crippen molar-refractivity contribution in [3.63, 3.8) is 0 Å². The van der Waals surface area contributed by atoms with Gasteiger partial charge < -0.3 is 19.9 Å². The molecule has 0 spiro atoms. The van der Waals surface area contributed by atoms with Crippen molar-refractivity contribution in [2.75, 3.05) is 43.6 Å². The number of nitrogens with one attached hydrogen (secondary N) is 1. The molecular weight excluding hydrogens is 354 g/mol. The van der Waals surface area contributed by atoms with Crippen LogP contribution in [0.25, 0.3) is 0 Å². The zero-order valence-electron chi connectivity index (χ0n) is 16.4. The first-order chi connectivity index (χ1) is 13.6. The number of hydrogen-bond acceptors (Lipinski definition) is 4. The van der Waals surface area contributed by atoms with Crippen LogP contribution in [0.15, 0.2) is 54.6 Å². The van der Waals surface area contributed by atoms with Crippen molar-refractivity contribution in [3.05, 3.63) is 54.6 Å². The minimum Gasteiger partial charge on any atom is -0.497 e. The molecule has 0 radical (unpaired) electrons. The molecule has 1 heterocycles. The Balaban J connectivity index is 1.45. The van der Waals surface area contributed by atoms with E-state index in [4.69, 9.17) is 4.74 Å². The van der Waals surface area contributed by atoms with Gasteiger partial charge in [-0.2, -0.15) is 0 Å². The third kappa shape index (κ3) is 4.82. The number of methoxy groups -OCH3 is 1. The van der Waals surface area contributed by atoms with Crippen LogP contribution in [0.5, 0.6) is 5.75 Å². The molecule has 1 atom stereocenters. The minimum atomic E-state index is -0.314. The van der Waals surface area contributed by atoms with Gasteiger partial charge in [0.05, 0.1) is 13.0 Å². The van der Waals surface area contributed by atoms with Crippen LogP contribution in [-0.2, 0) is 9.59 Å². The van der Waals surface area contributed by atoms with Gasteiger partial charge in [0.15, 0.2) is 0 Å². The number of carbonyl (C=O) groups is 2. The summed E-state index contributed by atoms with van der Waals surface area (Å²) in [6.07, 6.45) is 1.09. The Kier molecular flexibility index (Phi) is 6.53. The molecule has 1 fully saturated rings. The molecule has 0 aromatic heterocycles. The molecule has 1 unspecified atom stereocenters. The monoisotopic (exact) mass is 381 g/mol. The fraction of sp³-hybridized carbons (Fsp3) is 0.364. The second-order valence-electron chi connectivity index (χ2n) is 7.01. The Bertz CT molecular complexity index is 810. The molecule has 3 rings (SSSR count). The van der Waals surface area contributed by atoms with E-state index in [9.17, 15) is 9.59 Å². The van der Waals surface area contributed by atoms with Gasteiger partial charge in [0.2, 0.25) is 11.8 Å². The van der Waals surface area contributed by atoms with Crippen LogP contribution in [0.4, 0.5) is 11.4 Å². The van der Waals surface area contributed by atoms with Crippen LogP contribution < -0.4 is 19.9 Å². The summed E-state index contributed by atoms with van der Waals surface area (Å²) in [5.74, 6) is 0.296. The summed E-state index contributed by atoms with van der Waals surface area (Å²) in [7, 11) is 3.63. The van der Waals surface area contributed by atoms with E-state index in [0.29, 0.717) is 18.8 Å². The van der Waals surface area contributed by atoms with Crippen LogP contribution in [-0.4, -0.2) is 45.6 Å². The maximum atomic E-state index is 12.5. The quantitative estimate of drug-likeness (QED) is 0.714. The van der Waals surface area contributed by atoms with Crippen molar-refractivity contribution < 1.29 is 14.3 Å². The summed E-state index contributed by atoms with van der Waals surface area (Å²) in [5.41, 5.74) is 1.92. The van der Waals surface area contributed by atoms with Crippen molar-refractivity contribution in [2.24, 2.45) is 5.92 Å². The van der Waals surface area contributed by atoms with Gasteiger partial charge in [-0.3, -0.25) is 9.59 Å². The highest BCUT2D eigenvalue weighted by atomic mass is 16.5. The number of hydrogen-bond donors (Lipinski definition) is 1. The first-order valence-corrected chi connectivity index (χ1v) is 9.57. The fourth-order valence-electron chi connectivity index (χ4n) is 3.39. The first kappa shape index (κ1) is 19.7.